The van der Waals surface area contributed by atoms with Crippen molar-refractivity contribution in [2.45, 2.75) is 56.6 Å². The molecule has 0 bridgehead atoms. The number of fused-ring (bicyclic) bond motifs is 4. The van der Waals surface area contributed by atoms with E-state index in [0.717, 1.165) is 29.8 Å². The number of hydrogen-bond acceptors (Lipinski definition) is 6. The van der Waals surface area contributed by atoms with Crippen LogP contribution in [-0.2, 0) is 17.1 Å². The van der Waals surface area contributed by atoms with Crippen molar-refractivity contribution in [3.05, 3.63) is 93.7 Å². The second-order valence-electron chi connectivity index (χ2n) is 13.0. The number of rotatable bonds is 5. The van der Waals surface area contributed by atoms with Crippen molar-refractivity contribution in [1.29, 1.82) is 5.41 Å². The molecule has 2 unspecified atom stereocenters. The fourth-order valence-electron chi connectivity index (χ4n) is 6.20. The third-order valence-electron chi connectivity index (χ3n) is 8.44. The minimum absolute atomic E-state index is 0.00785. The van der Waals surface area contributed by atoms with E-state index in [4.69, 9.17) is 32.7 Å². The van der Waals surface area contributed by atoms with Crippen LogP contribution < -0.4 is 16.3 Å². The molecule has 0 aliphatic carbocycles. The van der Waals surface area contributed by atoms with Crippen LogP contribution in [0.4, 0.5) is 37.7 Å². The highest BCUT2D eigenvalue weighted by Crippen LogP contribution is 2.48. The van der Waals surface area contributed by atoms with Crippen molar-refractivity contribution in [2.24, 2.45) is 0 Å². The van der Waals surface area contributed by atoms with Gasteiger partial charge in [-0.25, -0.2) is 13.2 Å². The fraction of sp³-hybridized carbons (Fsp3) is 0.281. The first-order chi connectivity index (χ1) is 22.5. The predicted octanol–water partition coefficient (Wildman–Crippen LogP) is 6.60. The quantitative estimate of drug-likeness (QED) is 0.123. The summed E-state index contributed by atoms with van der Waals surface area (Å²) in [4.78, 5) is 0. The maximum atomic E-state index is 15.3. The van der Waals surface area contributed by atoms with Crippen LogP contribution in [0.1, 0.15) is 56.0 Å². The van der Waals surface area contributed by atoms with Gasteiger partial charge in [0.05, 0.1) is 50.2 Å². The molecule has 1 aliphatic rings. The molecule has 0 saturated carbocycles. The first-order valence-electron chi connectivity index (χ1n) is 14.6. The van der Waals surface area contributed by atoms with Gasteiger partial charge in [-0.2, -0.15) is 18.3 Å². The molecule has 3 heterocycles. The first-order valence-corrected chi connectivity index (χ1v) is 15.0. The minimum Gasteiger partial charge on any atom is -0.374 e. The lowest BCUT2D eigenvalue weighted by Gasteiger charge is -2.37. The second kappa shape index (κ2) is 11.0. The highest BCUT2D eigenvalue weighted by atomic mass is 35.5. The minimum atomic E-state index is -4.98. The lowest BCUT2D eigenvalue weighted by atomic mass is 9.57. The molecule has 0 amide bonds. The van der Waals surface area contributed by atoms with Crippen LogP contribution in [0.3, 0.4) is 0 Å². The molecule has 1 aliphatic heterocycles. The fourth-order valence-corrected chi connectivity index (χ4v) is 6.43. The van der Waals surface area contributed by atoms with E-state index >= 15 is 4.39 Å². The zero-order chi connectivity index (χ0) is 36.2. The number of aliphatic hydroxyl groups is 1. The number of anilines is 2. The van der Waals surface area contributed by atoms with E-state index in [1.807, 2.05) is 0 Å². The topological polar surface area (TPSA) is 104 Å². The summed E-state index contributed by atoms with van der Waals surface area (Å²) >= 11 is 6.56. The van der Waals surface area contributed by atoms with Gasteiger partial charge in [0.2, 0.25) is 11.5 Å². The molecular formula is C32H26B2ClF6N7O. The maximum Gasteiger partial charge on any atom is 0.418 e. The highest BCUT2D eigenvalue weighted by molar-refractivity contribution is 6.39. The van der Waals surface area contributed by atoms with Crippen molar-refractivity contribution in [2.75, 3.05) is 5.32 Å². The molecule has 0 fully saturated rings. The van der Waals surface area contributed by atoms with Crippen LogP contribution in [0.15, 0.2) is 49.2 Å². The summed E-state index contributed by atoms with van der Waals surface area (Å²) in [6, 6.07) is 5.28. The monoisotopic (exact) mass is 695 g/mol. The Bertz CT molecular complexity index is 2270. The Morgan fingerprint density at radius 3 is 2.29 bits per heavy atom. The lowest BCUT2D eigenvalue weighted by molar-refractivity contribution is -0.136. The Balaban J connectivity index is 1.77. The van der Waals surface area contributed by atoms with Crippen LogP contribution in [0, 0.1) is 17.0 Å². The molecule has 4 radical (unpaired) electrons. The molecule has 4 N–H and O–H groups in total. The number of nitrogens with zero attached hydrogens (tertiary/aromatic N) is 4. The summed E-state index contributed by atoms with van der Waals surface area (Å²) in [7, 11) is 12.4. The van der Waals surface area contributed by atoms with E-state index in [-0.39, 0.29) is 44.1 Å². The molecule has 5 aromatic rings. The standard InChI is InChI=1S/C32H26B2ClF6N7O/c1-13-23-24(26(44-13)16-8-14(36)6-7-19(16)35)20(45-21-12-43-46-25-17(21)9-15(37)10-18(25)31(39,40)41)11-22-27(23)48(29(2,3)4)28(42)47(22)32(33,34)30(5,38)49/h6-12,26,42,44,49H,1H2,2-5H3,(H,45,46). The summed E-state index contributed by atoms with van der Waals surface area (Å²) in [5, 5.41) is 30.3. The van der Waals surface area contributed by atoms with Crippen molar-refractivity contribution < 1.29 is 31.4 Å². The van der Waals surface area contributed by atoms with Crippen LogP contribution in [0.2, 0.25) is 5.02 Å². The normalized spacial score (nSPS) is 16.6. The smallest absolute Gasteiger partial charge is 0.374 e. The Morgan fingerprint density at radius 1 is 1.00 bits per heavy atom. The Kier molecular flexibility index (Phi) is 7.76. The number of nitrogens with one attached hydrogen (secondary N) is 3. The molecule has 2 aromatic heterocycles. The van der Waals surface area contributed by atoms with Gasteiger partial charge in [0.25, 0.3) is 0 Å². The van der Waals surface area contributed by atoms with Gasteiger partial charge in [-0.05, 0) is 64.1 Å². The molecule has 2 atom stereocenters. The summed E-state index contributed by atoms with van der Waals surface area (Å²) in [5.41, 5.74) is -2.07. The van der Waals surface area contributed by atoms with E-state index in [1.165, 1.54) is 22.8 Å². The number of halogens is 7. The zero-order valence-corrected chi connectivity index (χ0v) is 27.1. The van der Waals surface area contributed by atoms with Crippen LogP contribution in [0.5, 0.6) is 0 Å². The average molecular weight is 696 g/mol. The number of aromatic nitrogens is 4. The summed E-state index contributed by atoms with van der Waals surface area (Å²) in [6.07, 6.45) is -3.90. The molecule has 49 heavy (non-hydrogen) atoms. The van der Waals surface area contributed by atoms with E-state index in [2.05, 4.69) is 27.4 Å². The predicted molar refractivity (Wildman–Crippen MR) is 175 cm³/mol. The molecule has 6 rings (SSSR count). The Hall–Kier alpha value is -4.43. The average Bonchev–Trinajstić information content (AvgIpc) is 3.47. The van der Waals surface area contributed by atoms with Crippen LogP contribution in [0.25, 0.3) is 27.6 Å². The molecule has 0 saturated heterocycles. The molecular weight excluding hydrogens is 669 g/mol. The summed E-state index contributed by atoms with van der Waals surface area (Å²) in [5.74, 6) is -5.11. The lowest BCUT2D eigenvalue weighted by Crippen LogP contribution is -2.56. The SMILES string of the molecule is [B]C([B])(n1c(=N)n(C(C)(C)C)c2c3c(c(Nc4cnnc5c(C(F)(F)F)cc(F)cc45)cc21)C(c1cc(F)ccc1Cl)NC3=C)C(C)(O)F. The third-order valence-corrected chi connectivity index (χ3v) is 8.79. The zero-order valence-electron chi connectivity index (χ0n) is 26.4. The molecule has 0 spiro atoms. The van der Waals surface area contributed by atoms with E-state index in [0.29, 0.717) is 17.2 Å². The first kappa shape index (κ1) is 34.4. The van der Waals surface area contributed by atoms with Crippen molar-refractivity contribution in [3.8, 4) is 0 Å². The van der Waals surface area contributed by atoms with Gasteiger partial charge in [-0.3, -0.25) is 5.41 Å². The summed E-state index contributed by atoms with van der Waals surface area (Å²) < 4.78 is 88.8. The van der Waals surface area contributed by atoms with Gasteiger partial charge >= 0.3 is 6.18 Å². The Labute approximate surface area is 283 Å². The van der Waals surface area contributed by atoms with Gasteiger partial charge < -0.3 is 24.9 Å². The van der Waals surface area contributed by atoms with Gasteiger partial charge in [-0.1, -0.05) is 18.2 Å². The van der Waals surface area contributed by atoms with Crippen molar-refractivity contribution in [3.63, 3.8) is 0 Å². The van der Waals surface area contributed by atoms with Gasteiger partial charge in [0.15, 0.2) is 0 Å². The molecule has 17 heteroatoms. The van der Waals surface area contributed by atoms with Gasteiger partial charge in [0, 0.05) is 49.4 Å². The number of hydrogen-bond donors (Lipinski definition) is 4. The van der Waals surface area contributed by atoms with Gasteiger partial charge in [-0.15, -0.1) is 5.10 Å². The molecule has 3 aromatic carbocycles. The van der Waals surface area contributed by atoms with Crippen molar-refractivity contribution >= 4 is 66.3 Å². The van der Waals surface area contributed by atoms with E-state index in [1.54, 1.807) is 20.8 Å². The highest BCUT2D eigenvalue weighted by Gasteiger charge is 2.44. The van der Waals surface area contributed by atoms with Crippen molar-refractivity contribution in [1.82, 2.24) is 24.6 Å². The van der Waals surface area contributed by atoms with Gasteiger partial charge in [0.1, 0.15) is 17.2 Å². The Morgan fingerprint density at radius 2 is 1.67 bits per heavy atom. The van der Waals surface area contributed by atoms with Crippen LogP contribution >= 0.6 is 11.6 Å². The van der Waals surface area contributed by atoms with E-state index in [9.17, 15) is 27.1 Å². The third kappa shape index (κ3) is 5.45. The molecule has 8 nitrogen and oxygen atoms in total. The second-order valence-corrected chi connectivity index (χ2v) is 13.4. The van der Waals surface area contributed by atoms with E-state index < -0.39 is 57.3 Å². The number of alkyl halides is 4. The molecule has 250 valence electrons. The van der Waals surface area contributed by atoms with Crippen LogP contribution in [-0.4, -0.2) is 46.0 Å². The largest absolute Gasteiger partial charge is 0.418 e. The maximum absolute atomic E-state index is 15.3. The number of imidazole rings is 1. The summed E-state index contributed by atoms with van der Waals surface area (Å²) in [6.45, 7) is 10.1. The number of benzene rings is 3.